The van der Waals surface area contributed by atoms with Crippen LogP contribution in [0.5, 0.6) is 0 Å². The predicted octanol–water partition coefficient (Wildman–Crippen LogP) is 5.24. The van der Waals surface area contributed by atoms with E-state index in [1.807, 2.05) is 0 Å². The van der Waals surface area contributed by atoms with Crippen LogP contribution in [0.1, 0.15) is 60.9 Å². The Labute approximate surface area is 222 Å². The van der Waals surface area contributed by atoms with Gasteiger partial charge in [0.2, 0.25) is 15.9 Å². The van der Waals surface area contributed by atoms with E-state index in [9.17, 15) is 18.0 Å². The molecule has 1 aliphatic carbocycles. The molecule has 1 unspecified atom stereocenters. The fourth-order valence-corrected chi connectivity index (χ4v) is 6.79. The normalized spacial score (nSPS) is 19.6. The molecule has 1 atom stereocenters. The number of anilines is 1. The van der Waals surface area contributed by atoms with Gasteiger partial charge >= 0.3 is 0 Å². The Kier molecular flexibility index (Phi) is 8.93. The second-order valence-electron chi connectivity index (χ2n) is 9.55. The van der Waals surface area contributed by atoms with Crippen LogP contribution in [0.4, 0.5) is 5.69 Å². The van der Waals surface area contributed by atoms with E-state index in [2.05, 4.69) is 10.6 Å². The summed E-state index contributed by atoms with van der Waals surface area (Å²) in [5.74, 6) is -1.23. The lowest BCUT2D eigenvalue weighted by atomic mass is 9.95. The molecule has 194 valence electrons. The van der Waals surface area contributed by atoms with E-state index < -0.39 is 15.9 Å². The maximum atomic E-state index is 13.1. The number of carbonyl (C=O) groups excluding carboxylic acids is 2. The van der Waals surface area contributed by atoms with Crippen molar-refractivity contribution in [3.05, 3.63) is 63.6 Å². The molecule has 2 aromatic carbocycles. The highest BCUT2D eigenvalue weighted by atomic mass is 35.5. The highest BCUT2D eigenvalue weighted by molar-refractivity contribution is 7.88. The van der Waals surface area contributed by atoms with Crippen LogP contribution >= 0.6 is 23.2 Å². The van der Waals surface area contributed by atoms with Crippen LogP contribution in [0.3, 0.4) is 0 Å². The van der Waals surface area contributed by atoms with E-state index in [4.69, 9.17) is 23.2 Å². The first-order valence-corrected chi connectivity index (χ1v) is 14.7. The van der Waals surface area contributed by atoms with Crippen molar-refractivity contribution in [3.8, 4) is 0 Å². The molecule has 1 aliphatic heterocycles. The SMILES string of the molecule is O=C(NC1CCCCC1)c1ccccc1NC(=O)C1CCCN(S(=O)(=O)Cc2ccc(Cl)c(Cl)c2)C1. The molecule has 2 amide bonds. The molecule has 2 fully saturated rings. The standard InChI is InChI=1S/C26H31Cl2N3O4S/c27-22-13-12-18(15-23(22)28)17-36(34,35)31-14-6-7-19(16-31)25(32)30-24-11-5-4-10-21(24)26(33)29-20-8-2-1-3-9-20/h4-5,10-13,15,19-20H,1-3,6-9,14,16-17H2,(H,29,33)(H,30,32). The highest BCUT2D eigenvalue weighted by Crippen LogP contribution is 2.27. The molecule has 7 nitrogen and oxygen atoms in total. The lowest BCUT2D eigenvalue weighted by Crippen LogP contribution is -2.44. The fraction of sp³-hybridized carbons (Fsp3) is 0.462. The van der Waals surface area contributed by atoms with Gasteiger partial charge in [-0.2, -0.15) is 0 Å². The van der Waals surface area contributed by atoms with Crippen LogP contribution < -0.4 is 10.6 Å². The monoisotopic (exact) mass is 551 g/mol. The van der Waals surface area contributed by atoms with Gasteiger partial charge in [0.05, 0.1) is 33.0 Å². The zero-order valence-electron chi connectivity index (χ0n) is 20.0. The minimum atomic E-state index is -3.66. The van der Waals surface area contributed by atoms with E-state index in [1.54, 1.807) is 42.5 Å². The molecule has 2 aromatic rings. The first kappa shape index (κ1) is 26.9. The van der Waals surface area contributed by atoms with E-state index in [1.165, 1.54) is 10.7 Å². The van der Waals surface area contributed by atoms with Crippen molar-refractivity contribution in [2.45, 2.75) is 56.7 Å². The molecule has 1 saturated heterocycles. The number of piperidine rings is 1. The molecule has 0 spiro atoms. The van der Waals surface area contributed by atoms with Gasteiger partial charge in [-0.05, 0) is 55.5 Å². The molecule has 1 saturated carbocycles. The summed E-state index contributed by atoms with van der Waals surface area (Å²) >= 11 is 12.0. The Morgan fingerprint density at radius 2 is 1.69 bits per heavy atom. The molecular formula is C26H31Cl2N3O4S. The number of benzene rings is 2. The molecule has 0 radical (unpaired) electrons. The summed E-state index contributed by atoms with van der Waals surface area (Å²) in [6.07, 6.45) is 6.48. The average molecular weight is 553 g/mol. The number of nitrogens with one attached hydrogen (secondary N) is 2. The quantitative estimate of drug-likeness (QED) is 0.492. The maximum absolute atomic E-state index is 13.1. The van der Waals surface area contributed by atoms with Crippen LogP contribution in [-0.2, 0) is 20.6 Å². The molecule has 0 bridgehead atoms. The Morgan fingerprint density at radius 1 is 0.944 bits per heavy atom. The van der Waals surface area contributed by atoms with Gasteiger partial charge in [0.1, 0.15) is 0 Å². The number of amides is 2. The van der Waals surface area contributed by atoms with Crippen molar-refractivity contribution >= 4 is 50.7 Å². The lowest BCUT2D eigenvalue weighted by molar-refractivity contribution is -0.120. The molecule has 10 heteroatoms. The summed E-state index contributed by atoms with van der Waals surface area (Å²) in [7, 11) is -3.66. The second-order valence-corrected chi connectivity index (χ2v) is 12.3. The number of hydrogen-bond donors (Lipinski definition) is 2. The molecule has 2 aliphatic rings. The van der Waals surface area contributed by atoms with Crippen LogP contribution in [-0.4, -0.2) is 43.7 Å². The van der Waals surface area contributed by atoms with Gasteiger partial charge < -0.3 is 10.6 Å². The third kappa shape index (κ3) is 6.79. The van der Waals surface area contributed by atoms with E-state index >= 15 is 0 Å². The summed E-state index contributed by atoms with van der Waals surface area (Å²) in [6.45, 7) is 0.444. The van der Waals surface area contributed by atoms with Crippen molar-refractivity contribution in [2.75, 3.05) is 18.4 Å². The molecular weight excluding hydrogens is 521 g/mol. The summed E-state index contributed by atoms with van der Waals surface area (Å²) in [6, 6.07) is 11.8. The second kappa shape index (κ2) is 11.9. The molecule has 2 N–H and O–H groups in total. The minimum Gasteiger partial charge on any atom is -0.349 e. The van der Waals surface area contributed by atoms with Crippen LogP contribution in [0, 0.1) is 5.92 Å². The maximum Gasteiger partial charge on any atom is 0.253 e. The fourth-order valence-electron chi connectivity index (χ4n) is 4.88. The van der Waals surface area contributed by atoms with Crippen molar-refractivity contribution in [1.82, 2.24) is 9.62 Å². The Bertz CT molecular complexity index is 1220. The van der Waals surface area contributed by atoms with Crippen LogP contribution in [0.2, 0.25) is 10.0 Å². The molecule has 0 aromatic heterocycles. The smallest absolute Gasteiger partial charge is 0.253 e. The van der Waals surface area contributed by atoms with Gasteiger partial charge in [-0.3, -0.25) is 9.59 Å². The van der Waals surface area contributed by atoms with Gasteiger partial charge in [0, 0.05) is 19.1 Å². The first-order chi connectivity index (χ1) is 17.2. The van der Waals surface area contributed by atoms with Crippen LogP contribution in [0.15, 0.2) is 42.5 Å². The van der Waals surface area contributed by atoms with Crippen molar-refractivity contribution < 1.29 is 18.0 Å². The first-order valence-electron chi connectivity index (χ1n) is 12.4. The largest absolute Gasteiger partial charge is 0.349 e. The van der Waals surface area contributed by atoms with Gasteiger partial charge in [0.25, 0.3) is 5.91 Å². The molecule has 1 heterocycles. The predicted molar refractivity (Wildman–Crippen MR) is 143 cm³/mol. The number of hydrogen-bond acceptors (Lipinski definition) is 4. The van der Waals surface area contributed by atoms with Gasteiger partial charge in [-0.1, -0.05) is 60.7 Å². The number of para-hydroxylation sites is 1. The van der Waals surface area contributed by atoms with Gasteiger partial charge in [-0.15, -0.1) is 0 Å². The van der Waals surface area contributed by atoms with E-state index in [-0.39, 0.29) is 30.2 Å². The highest BCUT2D eigenvalue weighted by Gasteiger charge is 2.33. The number of nitrogens with zero attached hydrogens (tertiary/aromatic N) is 1. The lowest BCUT2D eigenvalue weighted by Gasteiger charge is -2.31. The minimum absolute atomic E-state index is 0.0892. The van der Waals surface area contributed by atoms with Crippen molar-refractivity contribution in [2.24, 2.45) is 5.92 Å². The number of rotatable bonds is 7. The Hall–Kier alpha value is -2.13. The zero-order valence-corrected chi connectivity index (χ0v) is 22.3. The van der Waals surface area contributed by atoms with Gasteiger partial charge in [-0.25, -0.2) is 12.7 Å². The zero-order chi connectivity index (χ0) is 25.7. The van der Waals surface area contributed by atoms with Crippen molar-refractivity contribution in [3.63, 3.8) is 0 Å². The molecule has 4 rings (SSSR count). The van der Waals surface area contributed by atoms with Crippen LogP contribution in [0.25, 0.3) is 0 Å². The topological polar surface area (TPSA) is 95.6 Å². The molecule has 36 heavy (non-hydrogen) atoms. The third-order valence-electron chi connectivity index (χ3n) is 6.85. The average Bonchev–Trinajstić information content (AvgIpc) is 2.87. The number of carbonyl (C=O) groups is 2. The van der Waals surface area contributed by atoms with E-state index in [0.717, 1.165) is 25.7 Å². The number of sulfonamides is 1. The third-order valence-corrected chi connectivity index (χ3v) is 9.41. The summed E-state index contributed by atoms with van der Waals surface area (Å²) in [5, 5.41) is 6.63. The summed E-state index contributed by atoms with van der Waals surface area (Å²) in [5.41, 5.74) is 1.39. The summed E-state index contributed by atoms with van der Waals surface area (Å²) in [4.78, 5) is 26.1. The van der Waals surface area contributed by atoms with Crippen molar-refractivity contribution in [1.29, 1.82) is 0 Å². The van der Waals surface area contributed by atoms with Gasteiger partial charge in [0.15, 0.2) is 0 Å². The van der Waals surface area contributed by atoms with E-state index in [0.29, 0.717) is 46.2 Å². The summed E-state index contributed by atoms with van der Waals surface area (Å²) < 4.78 is 27.5. The Morgan fingerprint density at radius 3 is 2.44 bits per heavy atom. The Balaban J connectivity index is 1.40. The number of halogens is 2.